The van der Waals surface area contributed by atoms with E-state index in [4.69, 9.17) is 5.73 Å². The van der Waals surface area contributed by atoms with E-state index in [0.29, 0.717) is 19.4 Å². The van der Waals surface area contributed by atoms with E-state index in [9.17, 15) is 21.6 Å². The molecule has 0 bridgehead atoms. The number of halogens is 3. The second-order valence-corrected chi connectivity index (χ2v) is 6.98. The molecular weight excluding hydrogens is 305 g/mol. The topological polar surface area (TPSA) is 63.4 Å². The van der Waals surface area contributed by atoms with Gasteiger partial charge in [0.2, 0.25) is 10.0 Å². The monoisotopic (exact) mass is 322 g/mol. The van der Waals surface area contributed by atoms with E-state index in [1.54, 1.807) is 0 Å². The highest BCUT2D eigenvalue weighted by Gasteiger charge is 2.39. The van der Waals surface area contributed by atoms with Crippen molar-refractivity contribution in [1.29, 1.82) is 0 Å². The van der Waals surface area contributed by atoms with Crippen molar-refractivity contribution in [2.45, 2.75) is 23.9 Å². The summed E-state index contributed by atoms with van der Waals surface area (Å²) >= 11 is 0. The average molecular weight is 322 g/mol. The summed E-state index contributed by atoms with van der Waals surface area (Å²) in [7, 11) is -4.13. The van der Waals surface area contributed by atoms with Crippen LogP contribution in [0, 0.1) is 5.92 Å². The third kappa shape index (κ3) is 3.38. The van der Waals surface area contributed by atoms with Crippen molar-refractivity contribution in [2.24, 2.45) is 11.7 Å². The Bertz CT molecular complexity index is 594. The molecule has 0 spiro atoms. The van der Waals surface area contributed by atoms with Crippen LogP contribution in [0.25, 0.3) is 0 Å². The zero-order chi connectivity index (χ0) is 15.7. The minimum Gasteiger partial charge on any atom is -0.330 e. The number of alkyl halides is 3. The van der Waals surface area contributed by atoms with Gasteiger partial charge in [0.15, 0.2) is 0 Å². The quantitative estimate of drug-likeness (QED) is 0.926. The van der Waals surface area contributed by atoms with Crippen LogP contribution in [0.4, 0.5) is 13.2 Å². The summed E-state index contributed by atoms with van der Waals surface area (Å²) < 4.78 is 64.9. The van der Waals surface area contributed by atoms with Crippen molar-refractivity contribution < 1.29 is 21.6 Å². The lowest BCUT2D eigenvalue weighted by atomic mass is 9.99. The molecule has 0 saturated carbocycles. The minimum absolute atomic E-state index is 0.205. The van der Waals surface area contributed by atoms with Crippen molar-refractivity contribution in [1.82, 2.24) is 4.31 Å². The first kappa shape index (κ1) is 16.3. The predicted octanol–water partition coefficient (Wildman–Crippen LogP) is 2.06. The molecule has 8 heteroatoms. The van der Waals surface area contributed by atoms with E-state index in [-0.39, 0.29) is 19.0 Å². The molecule has 0 atom stereocenters. The Morgan fingerprint density at radius 3 is 2.29 bits per heavy atom. The molecule has 1 aromatic rings. The molecule has 0 amide bonds. The van der Waals surface area contributed by atoms with Gasteiger partial charge >= 0.3 is 6.18 Å². The van der Waals surface area contributed by atoms with Gasteiger partial charge in [-0.25, -0.2) is 8.42 Å². The first-order valence-electron chi connectivity index (χ1n) is 6.63. The Morgan fingerprint density at radius 1 is 1.19 bits per heavy atom. The molecule has 1 aliphatic rings. The standard InChI is InChI=1S/C13H17F3N2O2S/c14-13(15,16)11-3-1-2-4-12(11)21(19,20)18-7-5-10(9-17)6-8-18/h1-4,10H,5-9,17H2. The highest BCUT2D eigenvalue weighted by atomic mass is 32.2. The third-order valence-electron chi connectivity index (χ3n) is 3.72. The molecule has 1 saturated heterocycles. The predicted molar refractivity (Wildman–Crippen MR) is 72.0 cm³/mol. The number of piperidine rings is 1. The van der Waals surface area contributed by atoms with Crippen LogP contribution in [0.15, 0.2) is 29.2 Å². The summed E-state index contributed by atoms with van der Waals surface area (Å²) in [5.74, 6) is 0.231. The molecule has 4 nitrogen and oxygen atoms in total. The molecule has 21 heavy (non-hydrogen) atoms. The van der Waals surface area contributed by atoms with Gasteiger partial charge < -0.3 is 5.73 Å². The Morgan fingerprint density at radius 2 is 1.76 bits per heavy atom. The fourth-order valence-corrected chi connectivity index (χ4v) is 4.13. The molecule has 118 valence electrons. The van der Waals surface area contributed by atoms with E-state index in [0.717, 1.165) is 16.4 Å². The largest absolute Gasteiger partial charge is 0.417 e. The van der Waals surface area contributed by atoms with E-state index in [2.05, 4.69) is 0 Å². The van der Waals surface area contributed by atoms with Crippen LogP contribution in [-0.4, -0.2) is 32.4 Å². The van der Waals surface area contributed by atoms with E-state index in [1.807, 2.05) is 0 Å². The molecule has 0 unspecified atom stereocenters. The lowest BCUT2D eigenvalue weighted by Gasteiger charge is -2.31. The van der Waals surface area contributed by atoms with Gasteiger partial charge in [-0.05, 0) is 37.4 Å². The van der Waals surface area contributed by atoms with Crippen LogP contribution in [0.2, 0.25) is 0 Å². The van der Waals surface area contributed by atoms with Crippen molar-refractivity contribution in [3.05, 3.63) is 29.8 Å². The van der Waals surface area contributed by atoms with Crippen molar-refractivity contribution in [3.63, 3.8) is 0 Å². The lowest BCUT2D eigenvalue weighted by molar-refractivity contribution is -0.139. The number of sulfonamides is 1. The maximum Gasteiger partial charge on any atom is 0.417 e. The number of benzene rings is 1. The summed E-state index contributed by atoms with van der Waals surface area (Å²) in [4.78, 5) is -0.677. The van der Waals surface area contributed by atoms with Gasteiger partial charge in [-0.2, -0.15) is 17.5 Å². The van der Waals surface area contributed by atoms with Crippen LogP contribution in [0.3, 0.4) is 0 Å². The zero-order valence-corrected chi connectivity index (χ0v) is 12.1. The van der Waals surface area contributed by atoms with E-state index in [1.165, 1.54) is 12.1 Å². The van der Waals surface area contributed by atoms with Crippen molar-refractivity contribution in [2.75, 3.05) is 19.6 Å². The van der Waals surface area contributed by atoms with Crippen molar-refractivity contribution in [3.8, 4) is 0 Å². The minimum atomic E-state index is -4.70. The Hall–Kier alpha value is -1.12. The number of nitrogens with two attached hydrogens (primary N) is 1. The fourth-order valence-electron chi connectivity index (χ4n) is 2.45. The summed E-state index contributed by atoms with van der Waals surface area (Å²) in [6, 6.07) is 4.28. The smallest absolute Gasteiger partial charge is 0.330 e. The highest BCUT2D eigenvalue weighted by molar-refractivity contribution is 7.89. The molecule has 1 aliphatic heterocycles. The molecule has 1 fully saturated rings. The van der Waals surface area contributed by atoms with Gasteiger partial charge in [-0.1, -0.05) is 12.1 Å². The first-order valence-corrected chi connectivity index (χ1v) is 8.07. The Labute approximate surface area is 121 Å². The van der Waals surface area contributed by atoms with Gasteiger partial charge in [-0.3, -0.25) is 0 Å². The Kier molecular flexibility index (Phi) is 4.60. The van der Waals surface area contributed by atoms with E-state index >= 15 is 0 Å². The average Bonchev–Trinajstić information content (AvgIpc) is 2.46. The molecule has 0 radical (unpaired) electrons. The van der Waals surface area contributed by atoms with Crippen LogP contribution >= 0.6 is 0 Å². The number of rotatable bonds is 3. The molecule has 0 aromatic heterocycles. The number of hydrogen-bond donors (Lipinski definition) is 1. The fraction of sp³-hybridized carbons (Fsp3) is 0.538. The lowest BCUT2D eigenvalue weighted by Crippen LogP contribution is -2.40. The number of nitrogens with zero attached hydrogens (tertiary/aromatic N) is 1. The highest BCUT2D eigenvalue weighted by Crippen LogP contribution is 2.35. The first-order chi connectivity index (χ1) is 9.76. The second-order valence-electron chi connectivity index (χ2n) is 5.08. The molecule has 1 aromatic carbocycles. The maximum atomic E-state index is 13.0. The molecule has 0 aliphatic carbocycles. The molecular formula is C13H17F3N2O2S. The zero-order valence-electron chi connectivity index (χ0n) is 11.3. The van der Waals surface area contributed by atoms with Crippen LogP contribution < -0.4 is 5.73 Å². The third-order valence-corrected chi connectivity index (χ3v) is 5.67. The van der Waals surface area contributed by atoms with Crippen LogP contribution in [0.1, 0.15) is 18.4 Å². The molecule has 2 rings (SSSR count). The van der Waals surface area contributed by atoms with Crippen molar-refractivity contribution >= 4 is 10.0 Å². The number of hydrogen-bond acceptors (Lipinski definition) is 3. The molecule has 2 N–H and O–H groups in total. The Balaban J connectivity index is 2.33. The van der Waals surface area contributed by atoms with Crippen LogP contribution in [0.5, 0.6) is 0 Å². The molecule has 1 heterocycles. The summed E-state index contributed by atoms with van der Waals surface area (Å²) in [6.07, 6.45) is -3.55. The van der Waals surface area contributed by atoms with Crippen LogP contribution in [-0.2, 0) is 16.2 Å². The van der Waals surface area contributed by atoms with E-state index < -0.39 is 26.7 Å². The SMILES string of the molecule is NCC1CCN(S(=O)(=O)c2ccccc2C(F)(F)F)CC1. The normalized spacial score (nSPS) is 18.9. The summed E-state index contributed by atoms with van der Waals surface area (Å²) in [6.45, 7) is 0.875. The summed E-state index contributed by atoms with van der Waals surface area (Å²) in [5.41, 5.74) is 4.41. The van der Waals surface area contributed by atoms with Gasteiger partial charge in [0.05, 0.1) is 10.5 Å². The van der Waals surface area contributed by atoms with Gasteiger partial charge in [-0.15, -0.1) is 0 Å². The van der Waals surface area contributed by atoms with Gasteiger partial charge in [0.1, 0.15) is 0 Å². The van der Waals surface area contributed by atoms with Gasteiger partial charge in [0.25, 0.3) is 0 Å². The van der Waals surface area contributed by atoms with Gasteiger partial charge in [0, 0.05) is 13.1 Å². The maximum absolute atomic E-state index is 13.0. The second kappa shape index (κ2) is 5.94. The summed E-state index contributed by atoms with van der Waals surface area (Å²) in [5, 5.41) is 0.